The number of benzene rings is 2. The number of nitrogens with zero attached hydrogens (tertiary/aromatic N) is 2. The summed E-state index contributed by atoms with van der Waals surface area (Å²) in [6, 6.07) is 19.0. The summed E-state index contributed by atoms with van der Waals surface area (Å²) in [4.78, 5) is 22.2. The third kappa shape index (κ3) is 3.54. The molecule has 0 bridgehead atoms. The van der Waals surface area contributed by atoms with Crippen molar-refractivity contribution in [2.24, 2.45) is 0 Å². The van der Waals surface area contributed by atoms with Gasteiger partial charge in [-0.25, -0.2) is 4.98 Å². The van der Waals surface area contributed by atoms with Crippen LogP contribution in [0.1, 0.15) is 36.7 Å². The van der Waals surface area contributed by atoms with Gasteiger partial charge in [0.1, 0.15) is 5.82 Å². The lowest BCUT2D eigenvalue weighted by molar-refractivity contribution is -0.132. The molecule has 4 rings (SSSR count). The molecule has 0 unspecified atom stereocenters. The zero-order valence-corrected chi connectivity index (χ0v) is 14.8. The van der Waals surface area contributed by atoms with Crippen LogP contribution in [0.3, 0.4) is 0 Å². The van der Waals surface area contributed by atoms with Crippen LogP contribution in [0.15, 0.2) is 67.0 Å². The molecule has 132 valence electrons. The van der Waals surface area contributed by atoms with Gasteiger partial charge >= 0.3 is 0 Å². The number of imidazole rings is 1. The third-order valence-corrected chi connectivity index (χ3v) is 5.10. The van der Waals surface area contributed by atoms with E-state index in [1.807, 2.05) is 29.3 Å². The number of nitrogens with one attached hydrogen (secondary N) is 1. The second-order valence-corrected chi connectivity index (χ2v) is 6.78. The molecule has 1 amide bonds. The number of hydrogen-bond acceptors (Lipinski definition) is 2. The Morgan fingerprint density at radius 1 is 1.08 bits per heavy atom. The van der Waals surface area contributed by atoms with Gasteiger partial charge in [0.2, 0.25) is 5.91 Å². The van der Waals surface area contributed by atoms with Gasteiger partial charge in [-0.3, -0.25) is 4.79 Å². The molecular formula is C22H23N3O. The Kier molecular flexibility index (Phi) is 4.82. The summed E-state index contributed by atoms with van der Waals surface area (Å²) in [6.07, 6.45) is 6.93. The second kappa shape index (κ2) is 7.56. The SMILES string of the molecule is O=C(CCc1ccc(-c2ccccc2)cc1)N1CCC[C@H]1c1ncc[nH]1. The lowest BCUT2D eigenvalue weighted by Gasteiger charge is -2.23. The molecule has 4 nitrogen and oxygen atoms in total. The number of aromatic nitrogens is 2. The first kappa shape index (κ1) is 16.6. The fourth-order valence-electron chi connectivity index (χ4n) is 3.70. The highest BCUT2D eigenvalue weighted by molar-refractivity contribution is 5.77. The van der Waals surface area contributed by atoms with E-state index in [2.05, 4.69) is 46.4 Å². The predicted molar refractivity (Wildman–Crippen MR) is 102 cm³/mol. The van der Waals surface area contributed by atoms with Crippen molar-refractivity contribution >= 4 is 5.91 Å². The lowest BCUT2D eigenvalue weighted by atomic mass is 10.0. The van der Waals surface area contributed by atoms with Crippen LogP contribution in [-0.2, 0) is 11.2 Å². The van der Waals surface area contributed by atoms with Gasteiger partial charge in [0.15, 0.2) is 0 Å². The lowest BCUT2D eigenvalue weighted by Crippen LogP contribution is -2.31. The predicted octanol–water partition coefficient (Wildman–Crippen LogP) is 4.37. The van der Waals surface area contributed by atoms with Crippen LogP contribution < -0.4 is 0 Å². The molecule has 1 aliphatic rings. The fourth-order valence-corrected chi connectivity index (χ4v) is 3.70. The average Bonchev–Trinajstić information content (AvgIpc) is 3.38. The largest absolute Gasteiger partial charge is 0.347 e. The Bertz CT molecular complexity index is 841. The molecule has 0 aliphatic carbocycles. The van der Waals surface area contributed by atoms with Crippen molar-refractivity contribution in [1.82, 2.24) is 14.9 Å². The number of hydrogen-bond donors (Lipinski definition) is 1. The van der Waals surface area contributed by atoms with E-state index in [0.29, 0.717) is 6.42 Å². The molecule has 0 radical (unpaired) electrons. The number of carbonyl (C=O) groups is 1. The maximum atomic E-state index is 12.7. The van der Waals surface area contributed by atoms with Gasteiger partial charge in [-0.05, 0) is 36.0 Å². The number of aromatic amines is 1. The van der Waals surface area contributed by atoms with Crippen molar-refractivity contribution in [2.75, 3.05) is 6.54 Å². The molecule has 1 N–H and O–H groups in total. The first-order valence-corrected chi connectivity index (χ1v) is 9.24. The summed E-state index contributed by atoms with van der Waals surface area (Å²) in [6.45, 7) is 0.831. The highest BCUT2D eigenvalue weighted by Gasteiger charge is 2.31. The first-order chi connectivity index (χ1) is 12.8. The van der Waals surface area contributed by atoms with E-state index in [1.54, 1.807) is 6.20 Å². The molecule has 2 heterocycles. The van der Waals surface area contributed by atoms with Gasteiger partial charge in [0, 0.05) is 25.4 Å². The molecule has 1 aliphatic heterocycles. The summed E-state index contributed by atoms with van der Waals surface area (Å²) in [5.41, 5.74) is 3.62. The molecule has 3 aromatic rings. The smallest absolute Gasteiger partial charge is 0.223 e. The fraction of sp³-hybridized carbons (Fsp3) is 0.273. The van der Waals surface area contributed by atoms with E-state index < -0.39 is 0 Å². The Morgan fingerprint density at radius 3 is 2.58 bits per heavy atom. The van der Waals surface area contributed by atoms with Gasteiger partial charge in [-0.15, -0.1) is 0 Å². The molecule has 0 spiro atoms. The topological polar surface area (TPSA) is 49.0 Å². The van der Waals surface area contributed by atoms with Crippen LogP contribution >= 0.6 is 0 Å². The molecule has 1 saturated heterocycles. The summed E-state index contributed by atoms with van der Waals surface area (Å²) in [5, 5.41) is 0. The highest BCUT2D eigenvalue weighted by atomic mass is 16.2. The van der Waals surface area contributed by atoms with Crippen LogP contribution in [0, 0.1) is 0 Å². The van der Waals surface area contributed by atoms with Gasteiger partial charge < -0.3 is 9.88 Å². The molecule has 26 heavy (non-hydrogen) atoms. The zero-order chi connectivity index (χ0) is 17.8. The van der Waals surface area contributed by atoms with E-state index in [1.165, 1.54) is 16.7 Å². The van der Waals surface area contributed by atoms with E-state index in [0.717, 1.165) is 31.6 Å². The standard InChI is InChI=1S/C22H23N3O/c26-21(25-16-4-7-20(25)22-23-14-15-24-22)13-10-17-8-11-19(12-9-17)18-5-2-1-3-6-18/h1-3,5-6,8-9,11-12,14-15,20H,4,7,10,13,16H2,(H,23,24)/t20-/m0/s1. The van der Waals surface area contributed by atoms with E-state index >= 15 is 0 Å². The Labute approximate surface area is 153 Å². The van der Waals surface area contributed by atoms with E-state index in [4.69, 9.17) is 0 Å². The maximum Gasteiger partial charge on any atom is 0.223 e. The molecule has 0 saturated carbocycles. The Morgan fingerprint density at radius 2 is 1.85 bits per heavy atom. The Balaban J connectivity index is 1.37. The minimum atomic E-state index is 0.109. The molecule has 1 atom stereocenters. The first-order valence-electron chi connectivity index (χ1n) is 9.24. The maximum absolute atomic E-state index is 12.7. The van der Waals surface area contributed by atoms with Crippen LogP contribution in [0.5, 0.6) is 0 Å². The minimum Gasteiger partial charge on any atom is -0.347 e. The van der Waals surface area contributed by atoms with Crippen LogP contribution in [0.2, 0.25) is 0 Å². The average molecular weight is 345 g/mol. The number of aryl methyl sites for hydroxylation is 1. The van der Waals surface area contributed by atoms with Gasteiger partial charge in [-0.2, -0.15) is 0 Å². The number of carbonyl (C=O) groups excluding carboxylic acids is 1. The molecule has 1 aromatic heterocycles. The van der Waals surface area contributed by atoms with Crippen molar-refractivity contribution in [2.45, 2.75) is 31.7 Å². The number of H-pyrrole nitrogens is 1. The summed E-state index contributed by atoms with van der Waals surface area (Å²) < 4.78 is 0. The molecule has 2 aromatic carbocycles. The summed E-state index contributed by atoms with van der Waals surface area (Å²) in [5.74, 6) is 1.12. The molecular weight excluding hydrogens is 322 g/mol. The summed E-state index contributed by atoms with van der Waals surface area (Å²) in [7, 11) is 0. The number of likely N-dealkylation sites (tertiary alicyclic amines) is 1. The van der Waals surface area contributed by atoms with Crippen molar-refractivity contribution in [3.8, 4) is 11.1 Å². The van der Waals surface area contributed by atoms with Crippen LogP contribution in [0.25, 0.3) is 11.1 Å². The van der Waals surface area contributed by atoms with Crippen LogP contribution in [0.4, 0.5) is 0 Å². The quantitative estimate of drug-likeness (QED) is 0.746. The summed E-state index contributed by atoms with van der Waals surface area (Å²) >= 11 is 0. The van der Waals surface area contributed by atoms with E-state index in [9.17, 15) is 4.79 Å². The van der Waals surface area contributed by atoms with Gasteiger partial charge in [0.25, 0.3) is 0 Å². The van der Waals surface area contributed by atoms with Crippen molar-refractivity contribution in [1.29, 1.82) is 0 Å². The van der Waals surface area contributed by atoms with E-state index in [-0.39, 0.29) is 11.9 Å². The Hall–Kier alpha value is -2.88. The number of amides is 1. The van der Waals surface area contributed by atoms with Crippen molar-refractivity contribution in [3.63, 3.8) is 0 Å². The van der Waals surface area contributed by atoms with Gasteiger partial charge in [0.05, 0.1) is 6.04 Å². The van der Waals surface area contributed by atoms with Crippen molar-refractivity contribution < 1.29 is 4.79 Å². The second-order valence-electron chi connectivity index (χ2n) is 6.78. The highest BCUT2D eigenvalue weighted by Crippen LogP contribution is 2.30. The van der Waals surface area contributed by atoms with Crippen LogP contribution in [-0.4, -0.2) is 27.3 Å². The van der Waals surface area contributed by atoms with Crippen molar-refractivity contribution in [3.05, 3.63) is 78.4 Å². The third-order valence-electron chi connectivity index (χ3n) is 5.10. The molecule has 1 fully saturated rings. The molecule has 4 heteroatoms. The number of rotatable bonds is 5. The monoisotopic (exact) mass is 345 g/mol. The zero-order valence-electron chi connectivity index (χ0n) is 14.8. The van der Waals surface area contributed by atoms with Gasteiger partial charge in [-0.1, -0.05) is 54.6 Å². The minimum absolute atomic E-state index is 0.109. The normalized spacial score (nSPS) is 16.8.